The van der Waals surface area contributed by atoms with E-state index in [-0.39, 0.29) is 72.1 Å². The van der Waals surface area contributed by atoms with Crippen LogP contribution in [0.4, 0.5) is 11.4 Å². The van der Waals surface area contributed by atoms with Crippen molar-refractivity contribution >= 4 is 51.8 Å². The van der Waals surface area contributed by atoms with Crippen LogP contribution >= 0.6 is 0 Å². The molecule has 2 fully saturated rings. The van der Waals surface area contributed by atoms with Crippen molar-refractivity contribution in [1.82, 2.24) is 9.80 Å². The molecule has 69 heavy (non-hydrogen) atoms. The SMILES string of the molecule is COc1cc(C(=O)N2C[C@H](OC(C)=O)C[C@H]2CCC(C)(C)[Si](C)(C)O)c([N+](=O)[O-])cc1OCCCCCOc1cc([N+](=O)[O-])c(C(=O)N2C[C@H](OC(C)=O)C[C@H]2CO[Si](C)(C)C(C)(C)C)cc1OC. The number of amides is 2. The molecule has 2 aromatic rings. The van der Waals surface area contributed by atoms with Gasteiger partial charge < -0.3 is 47.4 Å². The number of nitro benzene ring substituents is 2. The summed E-state index contributed by atoms with van der Waals surface area (Å²) in [5.41, 5.74) is -1.40. The van der Waals surface area contributed by atoms with Crippen LogP contribution in [0, 0.1) is 20.2 Å². The zero-order valence-electron chi connectivity index (χ0n) is 42.5. The Labute approximate surface area is 406 Å². The first-order valence-corrected chi connectivity index (χ1v) is 29.2. The van der Waals surface area contributed by atoms with Gasteiger partial charge in [0, 0.05) is 44.9 Å². The minimum atomic E-state index is -2.59. The van der Waals surface area contributed by atoms with E-state index in [1.165, 1.54) is 50.0 Å². The average Bonchev–Trinajstić information content (AvgIpc) is 3.85. The Balaban J connectivity index is 1.42. The molecular weight excluding hydrogens is 933 g/mol. The van der Waals surface area contributed by atoms with Crippen molar-refractivity contribution < 1.29 is 66.7 Å². The standard InChI is InChI=1S/C47H72N4O16Si2/c1-30(52)66-34-21-32(17-18-47(6,7)68(10,11)60)48(27-34)44(54)36-23-40(61-8)42(25-38(36)50(56)57)63-19-15-14-16-20-64-43-26-39(51(58)59)37(24-41(43)62-9)45(55)49-28-35(67-31(2)53)22-33(49)29-65-69(12,13)46(3,4)5/h23-26,32-35,60H,14-22,27-29H2,1-13H3/t32-,33+,34-,35-/m1/s1. The largest absolute Gasteiger partial charge is 0.493 e. The third-order valence-electron chi connectivity index (χ3n) is 13.9. The lowest BCUT2D eigenvalue weighted by Gasteiger charge is -2.37. The van der Waals surface area contributed by atoms with E-state index < -0.39 is 90.9 Å². The molecule has 0 aliphatic carbocycles. The zero-order chi connectivity index (χ0) is 51.8. The molecule has 2 aliphatic rings. The van der Waals surface area contributed by atoms with Crippen molar-refractivity contribution in [1.29, 1.82) is 0 Å². The Kier molecular flexibility index (Phi) is 18.8. The van der Waals surface area contributed by atoms with Gasteiger partial charge >= 0.3 is 11.9 Å². The van der Waals surface area contributed by atoms with E-state index in [2.05, 4.69) is 33.9 Å². The van der Waals surface area contributed by atoms with E-state index in [9.17, 15) is 44.2 Å². The van der Waals surface area contributed by atoms with E-state index in [4.69, 9.17) is 32.8 Å². The van der Waals surface area contributed by atoms with Crippen LogP contribution in [0.2, 0.25) is 36.3 Å². The number of rotatable bonds is 23. The molecule has 2 amide bonds. The first-order chi connectivity index (χ1) is 32.0. The summed E-state index contributed by atoms with van der Waals surface area (Å²) in [6, 6.07) is 3.97. The summed E-state index contributed by atoms with van der Waals surface area (Å²) < 4.78 is 40.3. The summed E-state index contributed by atoms with van der Waals surface area (Å²) >= 11 is 0. The van der Waals surface area contributed by atoms with Gasteiger partial charge in [0.05, 0.1) is 75.2 Å². The Morgan fingerprint density at radius 3 is 1.49 bits per heavy atom. The number of hydrogen-bond donors (Lipinski definition) is 1. The number of benzene rings is 2. The summed E-state index contributed by atoms with van der Waals surface area (Å²) in [6.45, 7) is 21.2. The number of unbranched alkanes of at least 4 members (excludes halogenated alkanes) is 2. The number of likely N-dealkylation sites (tertiary alicyclic amines) is 2. The van der Waals surface area contributed by atoms with Crippen LogP contribution < -0.4 is 18.9 Å². The maximum absolute atomic E-state index is 14.2. The molecule has 0 spiro atoms. The quantitative estimate of drug-likeness (QED) is 0.0362. The normalized spacial score (nSPS) is 18.7. The van der Waals surface area contributed by atoms with Gasteiger partial charge in [-0.25, -0.2) is 0 Å². The number of carbonyl (C=O) groups is 4. The molecule has 0 unspecified atom stereocenters. The number of nitro groups is 2. The van der Waals surface area contributed by atoms with Crippen molar-refractivity contribution in [2.24, 2.45) is 0 Å². The minimum Gasteiger partial charge on any atom is -0.493 e. The number of nitrogens with zero attached hydrogens (tertiary/aromatic N) is 4. The molecule has 20 nitrogen and oxygen atoms in total. The van der Waals surface area contributed by atoms with Gasteiger partial charge in [-0.15, -0.1) is 0 Å². The molecule has 4 atom stereocenters. The van der Waals surface area contributed by atoms with Crippen LogP contribution in [0.15, 0.2) is 24.3 Å². The number of carbonyl (C=O) groups excluding carboxylic acids is 4. The van der Waals surface area contributed by atoms with Gasteiger partial charge in [0.1, 0.15) is 23.3 Å². The van der Waals surface area contributed by atoms with E-state index in [1.807, 2.05) is 26.9 Å². The van der Waals surface area contributed by atoms with Gasteiger partial charge in [0.15, 0.2) is 39.6 Å². The second-order valence-electron chi connectivity index (χ2n) is 20.5. The smallest absolute Gasteiger partial charge is 0.302 e. The van der Waals surface area contributed by atoms with Crippen molar-refractivity contribution in [3.63, 3.8) is 0 Å². The van der Waals surface area contributed by atoms with Crippen LogP contribution in [0.25, 0.3) is 0 Å². The number of hydrogen-bond acceptors (Lipinski definition) is 16. The third kappa shape index (κ3) is 14.4. The average molecular weight is 1010 g/mol. The molecule has 0 saturated carbocycles. The second-order valence-corrected chi connectivity index (χ2v) is 29.8. The van der Waals surface area contributed by atoms with Gasteiger partial charge in [0.25, 0.3) is 23.2 Å². The van der Waals surface area contributed by atoms with Gasteiger partial charge in [-0.2, -0.15) is 0 Å². The molecule has 2 saturated heterocycles. The number of ether oxygens (including phenoxy) is 6. The van der Waals surface area contributed by atoms with Crippen molar-refractivity contribution in [2.45, 2.75) is 154 Å². The van der Waals surface area contributed by atoms with Gasteiger partial charge in [-0.3, -0.25) is 39.4 Å². The van der Waals surface area contributed by atoms with Gasteiger partial charge in [-0.1, -0.05) is 34.6 Å². The second kappa shape index (κ2) is 23.1. The maximum Gasteiger partial charge on any atom is 0.302 e. The van der Waals surface area contributed by atoms with Gasteiger partial charge in [-0.05, 0) is 68.4 Å². The molecule has 2 heterocycles. The molecule has 0 radical (unpaired) electrons. The Morgan fingerprint density at radius 1 is 0.696 bits per heavy atom. The Bertz CT molecular complexity index is 2060. The Morgan fingerprint density at radius 2 is 1.12 bits per heavy atom. The zero-order valence-corrected chi connectivity index (χ0v) is 44.5. The minimum absolute atomic E-state index is 0.0334. The molecule has 4 rings (SSSR count). The molecule has 0 aromatic heterocycles. The lowest BCUT2D eigenvalue weighted by molar-refractivity contribution is -0.385. The van der Waals surface area contributed by atoms with Gasteiger partial charge in [0.2, 0.25) is 0 Å². The topological polar surface area (TPSA) is 246 Å². The molecule has 2 aromatic carbocycles. The van der Waals surface area contributed by atoms with Crippen molar-refractivity contribution in [3.8, 4) is 23.0 Å². The maximum atomic E-state index is 14.2. The van der Waals surface area contributed by atoms with Crippen LogP contribution in [0.1, 0.15) is 114 Å². The molecule has 2 aliphatic heterocycles. The highest BCUT2D eigenvalue weighted by molar-refractivity contribution is 6.74. The highest BCUT2D eigenvalue weighted by Gasteiger charge is 2.45. The fourth-order valence-electron chi connectivity index (χ4n) is 8.01. The Hall–Kier alpha value is -5.33. The monoisotopic (exact) mass is 1000 g/mol. The summed E-state index contributed by atoms with van der Waals surface area (Å²) in [5.74, 6) is -1.93. The molecular formula is C47H72N4O16Si2. The molecule has 0 bridgehead atoms. The van der Waals surface area contributed by atoms with Crippen LogP contribution in [0.3, 0.4) is 0 Å². The number of methoxy groups -OCH3 is 2. The van der Waals surface area contributed by atoms with Crippen LogP contribution in [-0.2, 0) is 23.5 Å². The van der Waals surface area contributed by atoms with Crippen LogP contribution in [0.5, 0.6) is 23.0 Å². The highest BCUT2D eigenvalue weighted by Crippen LogP contribution is 2.44. The third-order valence-corrected chi connectivity index (χ3v) is 21.9. The lowest BCUT2D eigenvalue weighted by Crippen LogP contribution is -2.46. The predicted octanol–water partition coefficient (Wildman–Crippen LogP) is 8.22. The highest BCUT2D eigenvalue weighted by atomic mass is 28.4. The first kappa shape index (κ1) is 56.3. The predicted molar refractivity (Wildman–Crippen MR) is 260 cm³/mol. The summed E-state index contributed by atoms with van der Waals surface area (Å²) in [4.78, 5) is 89.4. The fourth-order valence-corrected chi connectivity index (χ4v) is 9.81. The fraction of sp³-hybridized carbons (Fsp3) is 0.660. The van der Waals surface area contributed by atoms with Crippen molar-refractivity contribution in [2.75, 3.05) is 47.1 Å². The lowest BCUT2D eigenvalue weighted by atomic mass is 9.99. The summed E-state index contributed by atoms with van der Waals surface area (Å²) in [6.07, 6.45) is 2.00. The summed E-state index contributed by atoms with van der Waals surface area (Å²) in [7, 11) is -2.12. The van der Waals surface area contributed by atoms with Crippen molar-refractivity contribution in [3.05, 3.63) is 55.6 Å². The van der Waals surface area contributed by atoms with E-state index >= 15 is 0 Å². The van der Waals surface area contributed by atoms with E-state index in [0.29, 0.717) is 44.9 Å². The summed E-state index contributed by atoms with van der Waals surface area (Å²) in [5, 5.41) is 24.3. The van der Waals surface area contributed by atoms with E-state index in [1.54, 1.807) is 0 Å². The first-order valence-electron chi connectivity index (χ1n) is 23.3. The molecule has 384 valence electrons. The van der Waals surface area contributed by atoms with E-state index in [0.717, 1.165) is 12.1 Å². The van der Waals surface area contributed by atoms with Crippen LogP contribution in [-0.4, -0.2) is 136 Å². The molecule has 22 heteroatoms. The number of esters is 2. The molecule has 1 N–H and O–H groups in total.